The van der Waals surface area contributed by atoms with Gasteiger partial charge in [0.2, 0.25) is 5.88 Å². The largest absolute Gasteiger partial charge is 0.453 e. The third-order valence-electron chi connectivity index (χ3n) is 5.99. The number of carbonyl (C=O) groups excluding carboxylic acids is 1. The maximum atomic E-state index is 12.5. The van der Waals surface area contributed by atoms with Crippen molar-refractivity contribution < 1.29 is 19.0 Å². The minimum Gasteiger partial charge on any atom is -0.453 e. The number of hydrogen-bond donors (Lipinski definition) is 1. The monoisotopic (exact) mass is 470 g/mol. The van der Waals surface area contributed by atoms with Crippen molar-refractivity contribution in [2.24, 2.45) is 0 Å². The summed E-state index contributed by atoms with van der Waals surface area (Å²) in [7, 11) is 0. The van der Waals surface area contributed by atoms with Crippen molar-refractivity contribution in [2.75, 3.05) is 43.1 Å². The molecule has 1 amide bonds. The van der Waals surface area contributed by atoms with E-state index >= 15 is 0 Å². The number of anilines is 3. The Hall–Kier alpha value is -3.14. The summed E-state index contributed by atoms with van der Waals surface area (Å²) in [5.74, 6) is 2.03. The van der Waals surface area contributed by atoms with Crippen molar-refractivity contribution in [3.63, 3.8) is 0 Å². The van der Waals surface area contributed by atoms with Crippen molar-refractivity contribution >= 4 is 23.4 Å². The van der Waals surface area contributed by atoms with Gasteiger partial charge in [-0.05, 0) is 52.2 Å². The fourth-order valence-corrected chi connectivity index (χ4v) is 4.07. The Morgan fingerprint density at radius 1 is 1.15 bits per heavy atom. The van der Waals surface area contributed by atoms with Gasteiger partial charge in [-0.3, -0.25) is 4.90 Å². The minimum absolute atomic E-state index is 0.182. The number of likely N-dealkylation sites (tertiary alicyclic amines) is 1. The predicted molar refractivity (Wildman–Crippen MR) is 129 cm³/mol. The second-order valence-electron chi connectivity index (χ2n) is 8.93. The molecule has 1 unspecified atom stereocenters. The maximum Gasteiger partial charge on any atom is 0.412 e. The first-order valence-electron chi connectivity index (χ1n) is 11.9. The number of rotatable bonds is 6. The maximum absolute atomic E-state index is 12.5. The number of amides is 1. The SMILES string of the molecule is Cc1cc(N2CCOCC2)ncc1Nc1ncnc(OC2CCCCN2C(=O)OC(C)C)c1C. The molecule has 0 spiro atoms. The lowest BCUT2D eigenvalue weighted by Gasteiger charge is -2.35. The van der Waals surface area contributed by atoms with Crippen LogP contribution in [0.1, 0.15) is 44.2 Å². The summed E-state index contributed by atoms with van der Waals surface area (Å²) in [4.78, 5) is 29.8. The average molecular weight is 471 g/mol. The molecule has 0 bridgehead atoms. The van der Waals surface area contributed by atoms with Crippen LogP contribution in [0.15, 0.2) is 18.6 Å². The Labute approximate surface area is 200 Å². The summed E-state index contributed by atoms with van der Waals surface area (Å²) in [6, 6.07) is 2.07. The molecule has 2 aromatic rings. The third kappa shape index (κ3) is 5.67. The molecule has 4 heterocycles. The zero-order valence-corrected chi connectivity index (χ0v) is 20.4. The zero-order valence-electron chi connectivity index (χ0n) is 20.4. The van der Waals surface area contributed by atoms with Crippen LogP contribution < -0.4 is 15.0 Å². The van der Waals surface area contributed by atoms with Crippen molar-refractivity contribution in [3.05, 3.63) is 29.7 Å². The van der Waals surface area contributed by atoms with Crippen LogP contribution in [0.4, 0.5) is 22.1 Å². The molecular formula is C24H34N6O4. The van der Waals surface area contributed by atoms with Gasteiger partial charge < -0.3 is 24.4 Å². The van der Waals surface area contributed by atoms with Crippen LogP contribution >= 0.6 is 0 Å². The van der Waals surface area contributed by atoms with Crippen LogP contribution in [-0.2, 0) is 9.47 Å². The van der Waals surface area contributed by atoms with E-state index in [1.807, 2.05) is 33.9 Å². The van der Waals surface area contributed by atoms with Crippen molar-refractivity contribution in [1.29, 1.82) is 0 Å². The van der Waals surface area contributed by atoms with E-state index in [2.05, 4.69) is 31.2 Å². The molecule has 1 atom stereocenters. The number of aromatic nitrogens is 3. The molecule has 34 heavy (non-hydrogen) atoms. The van der Waals surface area contributed by atoms with Crippen molar-refractivity contribution in [3.8, 4) is 5.88 Å². The molecule has 10 heteroatoms. The van der Waals surface area contributed by atoms with Crippen LogP contribution in [0.3, 0.4) is 0 Å². The number of hydrogen-bond acceptors (Lipinski definition) is 9. The van der Waals surface area contributed by atoms with Crippen LogP contribution in [-0.4, -0.2) is 71.1 Å². The number of morpholine rings is 1. The van der Waals surface area contributed by atoms with E-state index in [0.29, 0.717) is 18.2 Å². The van der Waals surface area contributed by atoms with Crippen LogP contribution in [0.5, 0.6) is 5.88 Å². The van der Waals surface area contributed by atoms with Gasteiger partial charge in [-0.15, -0.1) is 0 Å². The van der Waals surface area contributed by atoms with Crippen molar-refractivity contribution in [1.82, 2.24) is 19.9 Å². The van der Waals surface area contributed by atoms with E-state index in [0.717, 1.165) is 68.2 Å². The van der Waals surface area contributed by atoms with E-state index in [4.69, 9.17) is 14.2 Å². The summed E-state index contributed by atoms with van der Waals surface area (Å²) in [6.45, 7) is 11.4. The fraction of sp³-hybridized carbons (Fsp3) is 0.583. The molecule has 4 rings (SSSR count). The lowest BCUT2D eigenvalue weighted by Crippen LogP contribution is -2.47. The number of nitrogens with zero attached hydrogens (tertiary/aromatic N) is 5. The smallest absolute Gasteiger partial charge is 0.412 e. The van der Waals surface area contributed by atoms with E-state index < -0.39 is 6.23 Å². The van der Waals surface area contributed by atoms with Gasteiger partial charge in [-0.25, -0.2) is 19.7 Å². The Balaban J connectivity index is 1.48. The molecule has 0 aromatic carbocycles. The van der Waals surface area contributed by atoms with Crippen LogP contribution in [0.25, 0.3) is 0 Å². The predicted octanol–water partition coefficient (Wildman–Crippen LogP) is 3.80. The second kappa shape index (κ2) is 10.9. The number of aryl methyl sites for hydroxylation is 1. The number of piperidine rings is 1. The Morgan fingerprint density at radius 2 is 1.94 bits per heavy atom. The van der Waals surface area contributed by atoms with E-state index in [9.17, 15) is 4.79 Å². The van der Waals surface area contributed by atoms with Gasteiger partial charge in [0.25, 0.3) is 0 Å². The fourth-order valence-electron chi connectivity index (χ4n) is 4.07. The van der Waals surface area contributed by atoms with Crippen LogP contribution in [0, 0.1) is 13.8 Å². The summed E-state index contributed by atoms with van der Waals surface area (Å²) in [6.07, 6.45) is 4.97. The Kier molecular flexibility index (Phi) is 7.66. The van der Waals surface area contributed by atoms with E-state index in [-0.39, 0.29) is 12.2 Å². The highest BCUT2D eigenvalue weighted by atomic mass is 16.6. The Bertz CT molecular complexity index is 995. The first-order chi connectivity index (χ1) is 16.4. The normalized spacial score (nSPS) is 18.7. The second-order valence-corrected chi connectivity index (χ2v) is 8.93. The topological polar surface area (TPSA) is 102 Å². The molecule has 0 radical (unpaired) electrons. The number of ether oxygens (including phenoxy) is 3. The molecule has 2 fully saturated rings. The van der Waals surface area contributed by atoms with Gasteiger partial charge in [0.15, 0.2) is 6.23 Å². The van der Waals surface area contributed by atoms with E-state index in [1.54, 1.807) is 4.90 Å². The first kappa shape index (κ1) is 24.0. The lowest BCUT2D eigenvalue weighted by molar-refractivity contribution is -0.0166. The van der Waals surface area contributed by atoms with Gasteiger partial charge >= 0.3 is 6.09 Å². The summed E-state index contributed by atoms with van der Waals surface area (Å²) < 4.78 is 17.0. The number of nitrogens with one attached hydrogen (secondary N) is 1. The van der Waals surface area contributed by atoms with Gasteiger partial charge in [0.1, 0.15) is 18.0 Å². The van der Waals surface area contributed by atoms with Gasteiger partial charge in [-0.2, -0.15) is 0 Å². The lowest BCUT2D eigenvalue weighted by atomic mass is 10.1. The molecule has 0 saturated carbocycles. The van der Waals surface area contributed by atoms with Gasteiger partial charge in [-0.1, -0.05) is 0 Å². The summed E-state index contributed by atoms with van der Waals surface area (Å²) >= 11 is 0. The Morgan fingerprint density at radius 3 is 2.68 bits per heavy atom. The molecule has 2 aliphatic rings. The third-order valence-corrected chi connectivity index (χ3v) is 5.99. The molecule has 184 valence electrons. The van der Waals surface area contributed by atoms with Crippen molar-refractivity contribution in [2.45, 2.75) is 59.3 Å². The van der Waals surface area contributed by atoms with Gasteiger partial charge in [0.05, 0.1) is 36.8 Å². The molecule has 1 N–H and O–H groups in total. The molecule has 2 saturated heterocycles. The van der Waals surface area contributed by atoms with Gasteiger partial charge in [0, 0.05) is 26.1 Å². The highest BCUT2D eigenvalue weighted by Gasteiger charge is 2.31. The summed E-state index contributed by atoms with van der Waals surface area (Å²) in [5, 5.41) is 3.37. The molecular weight excluding hydrogens is 436 g/mol. The molecule has 0 aliphatic carbocycles. The molecule has 2 aromatic heterocycles. The van der Waals surface area contributed by atoms with Crippen LogP contribution in [0.2, 0.25) is 0 Å². The zero-order chi connectivity index (χ0) is 24.1. The highest BCUT2D eigenvalue weighted by molar-refractivity contribution is 5.68. The first-order valence-corrected chi connectivity index (χ1v) is 11.9. The standard InChI is InChI=1S/C24H34N6O4/c1-16(2)33-24(31)30-8-6-5-7-21(30)34-23-18(4)22(26-15-27-23)28-19-14-25-20(13-17(19)3)29-9-11-32-12-10-29/h13-16,21H,5-12H2,1-4H3,(H,26,27,28). The number of carbonyl (C=O) groups is 1. The van der Waals surface area contributed by atoms with E-state index in [1.165, 1.54) is 6.33 Å². The summed E-state index contributed by atoms with van der Waals surface area (Å²) in [5.41, 5.74) is 2.69. The molecule has 10 nitrogen and oxygen atoms in total. The minimum atomic E-state index is -0.419. The average Bonchev–Trinajstić information content (AvgIpc) is 2.83. The molecule has 2 aliphatic heterocycles. The highest BCUT2D eigenvalue weighted by Crippen LogP contribution is 2.29. The number of pyridine rings is 1. The quantitative estimate of drug-likeness (QED) is 0.675.